The maximum absolute atomic E-state index is 5.36. The molecule has 0 fully saturated rings. The Labute approximate surface area is 144 Å². The monoisotopic (exact) mass is 331 g/mol. The summed E-state index contributed by atoms with van der Waals surface area (Å²) in [6.07, 6.45) is 4.44. The lowest BCUT2D eigenvalue weighted by atomic mass is 10.1. The summed E-state index contributed by atoms with van der Waals surface area (Å²) in [5.41, 5.74) is 3.66. The number of aliphatic imine (C=N–C) groups is 1. The quantitative estimate of drug-likeness (QED) is 0.576. The van der Waals surface area contributed by atoms with E-state index in [0.29, 0.717) is 6.54 Å². The van der Waals surface area contributed by atoms with Crippen LogP contribution >= 0.6 is 0 Å². The van der Waals surface area contributed by atoms with Gasteiger partial charge in [-0.05, 0) is 31.9 Å². The molecule has 6 heteroatoms. The molecule has 2 N–H and O–H groups in total. The molecule has 2 aromatic rings. The molecule has 2 aromatic heterocycles. The van der Waals surface area contributed by atoms with Gasteiger partial charge >= 0.3 is 0 Å². The molecule has 0 radical (unpaired) electrons. The summed E-state index contributed by atoms with van der Waals surface area (Å²) in [7, 11) is 2.01. The van der Waals surface area contributed by atoms with Crippen LogP contribution in [0.4, 0.5) is 0 Å². The molecule has 0 aliphatic rings. The minimum Gasteiger partial charge on any atom is -0.469 e. The van der Waals surface area contributed by atoms with E-state index >= 15 is 0 Å². The van der Waals surface area contributed by atoms with Gasteiger partial charge in [0.1, 0.15) is 5.76 Å². The Kier molecular flexibility index (Phi) is 6.90. The summed E-state index contributed by atoms with van der Waals surface area (Å²) >= 11 is 0. The highest BCUT2D eigenvalue weighted by Crippen LogP contribution is 2.16. The number of hydrogen-bond donors (Lipinski definition) is 2. The van der Waals surface area contributed by atoms with E-state index in [9.17, 15) is 0 Å². The van der Waals surface area contributed by atoms with Gasteiger partial charge < -0.3 is 15.1 Å². The molecule has 6 nitrogen and oxygen atoms in total. The van der Waals surface area contributed by atoms with Crippen molar-refractivity contribution in [1.82, 2.24) is 20.4 Å². The molecule has 0 aliphatic heterocycles. The first-order chi connectivity index (χ1) is 11.7. The molecule has 0 atom stereocenters. The first-order valence-corrected chi connectivity index (χ1v) is 8.77. The van der Waals surface area contributed by atoms with Crippen molar-refractivity contribution in [1.29, 1.82) is 0 Å². The topological polar surface area (TPSA) is 67.4 Å². The number of furan rings is 1. The van der Waals surface area contributed by atoms with E-state index in [4.69, 9.17) is 9.41 Å². The molecular weight excluding hydrogens is 302 g/mol. The van der Waals surface area contributed by atoms with Crippen LogP contribution in [0.3, 0.4) is 0 Å². The van der Waals surface area contributed by atoms with Crippen LogP contribution in [-0.2, 0) is 32.9 Å². The number of aryl methyl sites for hydroxylation is 2. The van der Waals surface area contributed by atoms with E-state index in [0.717, 1.165) is 49.8 Å². The van der Waals surface area contributed by atoms with Crippen molar-refractivity contribution in [2.75, 3.05) is 13.1 Å². The summed E-state index contributed by atoms with van der Waals surface area (Å²) in [5.74, 6) is 1.81. The van der Waals surface area contributed by atoms with Crippen molar-refractivity contribution in [2.45, 2.75) is 46.6 Å². The van der Waals surface area contributed by atoms with E-state index in [2.05, 4.69) is 36.5 Å². The molecule has 0 bridgehead atoms. The predicted molar refractivity (Wildman–Crippen MR) is 97.2 cm³/mol. The molecule has 0 aliphatic carbocycles. The molecule has 0 spiro atoms. The third kappa shape index (κ3) is 4.63. The van der Waals surface area contributed by atoms with Gasteiger partial charge in [0, 0.05) is 37.8 Å². The molecular formula is C18H29N5O. The second kappa shape index (κ2) is 9.15. The van der Waals surface area contributed by atoms with E-state index in [-0.39, 0.29) is 0 Å². The minimum atomic E-state index is 0.649. The van der Waals surface area contributed by atoms with Crippen LogP contribution in [0.2, 0.25) is 0 Å². The molecule has 0 saturated heterocycles. The van der Waals surface area contributed by atoms with Gasteiger partial charge in [-0.3, -0.25) is 4.68 Å². The minimum absolute atomic E-state index is 0.649. The second-order valence-corrected chi connectivity index (χ2v) is 5.65. The largest absolute Gasteiger partial charge is 0.469 e. The van der Waals surface area contributed by atoms with Crippen molar-refractivity contribution in [2.24, 2.45) is 12.0 Å². The smallest absolute Gasteiger partial charge is 0.191 e. The van der Waals surface area contributed by atoms with Crippen molar-refractivity contribution in [3.8, 4) is 0 Å². The summed E-state index contributed by atoms with van der Waals surface area (Å²) in [6, 6.07) is 3.90. The fourth-order valence-electron chi connectivity index (χ4n) is 2.83. The van der Waals surface area contributed by atoms with Crippen LogP contribution in [0.15, 0.2) is 27.8 Å². The van der Waals surface area contributed by atoms with Crippen LogP contribution in [-0.4, -0.2) is 28.8 Å². The summed E-state index contributed by atoms with van der Waals surface area (Å²) < 4.78 is 7.34. The highest BCUT2D eigenvalue weighted by atomic mass is 16.3. The van der Waals surface area contributed by atoms with Crippen molar-refractivity contribution >= 4 is 5.96 Å². The molecule has 2 heterocycles. The molecule has 132 valence electrons. The van der Waals surface area contributed by atoms with E-state index in [1.165, 1.54) is 11.3 Å². The number of hydrogen-bond acceptors (Lipinski definition) is 3. The summed E-state index contributed by atoms with van der Waals surface area (Å²) in [4.78, 5) is 4.74. The third-order valence-corrected chi connectivity index (χ3v) is 4.01. The zero-order valence-electron chi connectivity index (χ0n) is 15.2. The maximum atomic E-state index is 5.36. The fraction of sp³-hybridized carbons (Fsp3) is 0.556. The van der Waals surface area contributed by atoms with E-state index < -0.39 is 0 Å². The van der Waals surface area contributed by atoms with Crippen molar-refractivity contribution < 1.29 is 4.42 Å². The van der Waals surface area contributed by atoms with Crippen LogP contribution in [0.1, 0.15) is 43.5 Å². The zero-order chi connectivity index (χ0) is 17.4. The molecule has 0 unspecified atom stereocenters. The Balaban J connectivity index is 2.02. The van der Waals surface area contributed by atoms with Gasteiger partial charge in [-0.1, -0.05) is 13.8 Å². The zero-order valence-corrected chi connectivity index (χ0v) is 15.2. The summed E-state index contributed by atoms with van der Waals surface area (Å²) in [5, 5.41) is 11.3. The molecule has 0 aromatic carbocycles. The van der Waals surface area contributed by atoms with E-state index in [1.807, 2.05) is 23.9 Å². The Morgan fingerprint density at radius 2 is 2.08 bits per heavy atom. The van der Waals surface area contributed by atoms with Gasteiger partial charge in [-0.15, -0.1) is 0 Å². The highest BCUT2D eigenvalue weighted by Gasteiger charge is 2.13. The average molecular weight is 331 g/mol. The molecule has 0 saturated carbocycles. The first kappa shape index (κ1) is 18.1. The van der Waals surface area contributed by atoms with Crippen LogP contribution in [0, 0.1) is 0 Å². The van der Waals surface area contributed by atoms with Gasteiger partial charge in [0.2, 0.25) is 0 Å². The van der Waals surface area contributed by atoms with Gasteiger partial charge in [-0.25, -0.2) is 4.99 Å². The SMILES string of the molecule is CCNC(=NCc1c(CC)nn(C)c1CC)NCCc1ccco1. The number of rotatable bonds is 8. The van der Waals surface area contributed by atoms with Crippen LogP contribution < -0.4 is 10.6 Å². The normalized spacial score (nSPS) is 11.8. The number of nitrogens with one attached hydrogen (secondary N) is 2. The average Bonchev–Trinajstić information content (AvgIpc) is 3.19. The Morgan fingerprint density at radius 3 is 2.71 bits per heavy atom. The van der Waals surface area contributed by atoms with Crippen molar-refractivity contribution in [3.05, 3.63) is 41.1 Å². The highest BCUT2D eigenvalue weighted by molar-refractivity contribution is 5.79. The van der Waals surface area contributed by atoms with Gasteiger partial charge in [0.15, 0.2) is 5.96 Å². The fourth-order valence-corrected chi connectivity index (χ4v) is 2.83. The standard InChI is InChI=1S/C18H29N5O/c1-5-16-15(17(6-2)23(4)22-16)13-21-18(19-7-3)20-11-10-14-9-8-12-24-14/h8-9,12H,5-7,10-11,13H2,1-4H3,(H2,19,20,21). The number of nitrogens with zero attached hydrogens (tertiary/aromatic N) is 3. The summed E-state index contributed by atoms with van der Waals surface area (Å²) in [6.45, 7) is 8.64. The van der Waals surface area contributed by atoms with Crippen LogP contribution in [0.25, 0.3) is 0 Å². The molecule has 2 rings (SSSR count). The molecule has 24 heavy (non-hydrogen) atoms. The second-order valence-electron chi connectivity index (χ2n) is 5.65. The predicted octanol–water partition coefficient (Wildman–Crippen LogP) is 2.44. The lowest BCUT2D eigenvalue weighted by molar-refractivity contribution is 0.507. The first-order valence-electron chi connectivity index (χ1n) is 8.77. The van der Waals surface area contributed by atoms with E-state index in [1.54, 1.807) is 6.26 Å². The Hall–Kier alpha value is -2.24. The van der Waals surface area contributed by atoms with Crippen molar-refractivity contribution in [3.63, 3.8) is 0 Å². The number of aromatic nitrogens is 2. The van der Waals surface area contributed by atoms with Gasteiger partial charge in [-0.2, -0.15) is 5.10 Å². The Morgan fingerprint density at radius 1 is 1.25 bits per heavy atom. The third-order valence-electron chi connectivity index (χ3n) is 4.01. The van der Waals surface area contributed by atoms with Gasteiger partial charge in [0.05, 0.1) is 18.5 Å². The lowest BCUT2D eigenvalue weighted by Gasteiger charge is -2.11. The number of guanidine groups is 1. The Bertz CT molecular complexity index is 643. The molecule has 0 amide bonds. The maximum Gasteiger partial charge on any atom is 0.191 e. The van der Waals surface area contributed by atoms with Crippen LogP contribution in [0.5, 0.6) is 0 Å². The van der Waals surface area contributed by atoms with Gasteiger partial charge in [0.25, 0.3) is 0 Å². The lowest BCUT2D eigenvalue weighted by Crippen LogP contribution is -2.38.